The van der Waals surface area contributed by atoms with Crippen molar-refractivity contribution in [3.05, 3.63) is 86.3 Å². The lowest BCUT2D eigenvalue weighted by atomic mass is 10.0. The summed E-state index contributed by atoms with van der Waals surface area (Å²) in [6.07, 6.45) is 2.21. The van der Waals surface area contributed by atoms with Crippen LogP contribution in [0.1, 0.15) is 16.7 Å². The summed E-state index contributed by atoms with van der Waals surface area (Å²) in [7, 11) is 1.71. The van der Waals surface area contributed by atoms with Crippen LogP contribution in [-0.2, 0) is 0 Å². The Kier molecular flexibility index (Phi) is 4.07. The summed E-state index contributed by atoms with van der Waals surface area (Å²) in [5, 5.41) is 0. The molecule has 0 saturated carbocycles. The Morgan fingerprint density at radius 3 is 1.92 bits per heavy atom. The zero-order chi connectivity index (χ0) is 16.7. The van der Waals surface area contributed by atoms with Crippen molar-refractivity contribution in [1.29, 1.82) is 0 Å². The molecule has 0 amide bonds. The number of benzene rings is 3. The summed E-state index contributed by atoms with van der Waals surface area (Å²) in [4.78, 5) is 0. The number of halogens is 2. The normalized spacial score (nSPS) is 11.9. The van der Waals surface area contributed by atoms with Crippen molar-refractivity contribution >= 4 is 43.5 Å². The number of hydrogen-bond acceptors (Lipinski definition) is 1. The van der Waals surface area contributed by atoms with E-state index in [0.717, 1.165) is 20.3 Å². The van der Waals surface area contributed by atoms with Crippen LogP contribution in [-0.4, -0.2) is 7.11 Å². The van der Waals surface area contributed by atoms with E-state index in [9.17, 15) is 0 Å². The molecular formula is C21H14Br2O. The van der Waals surface area contributed by atoms with Crippen LogP contribution in [0.4, 0.5) is 0 Å². The molecule has 118 valence electrons. The molecule has 0 bridgehead atoms. The first-order valence-corrected chi connectivity index (χ1v) is 9.21. The molecule has 0 fully saturated rings. The van der Waals surface area contributed by atoms with E-state index in [4.69, 9.17) is 4.74 Å². The number of rotatable bonds is 2. The predicted molar refractivity (Wildman–Crippen MR) is 107 cm³/mol. The lowest BCUT2D eigenvalue weighted by Gasteiger charge is -2.08. The second-order valence-corrected chi connectivity index (χ2v) is 7.51. The fourth-order valence-electron chi connectivity index (χ4n) is 3.19. The Morgan fingerprint density at radius 1 is 0.750 bits per heavy atom. The molecule has 0 aromatic heterocycles. The van der Waals surface area contributed by atoms with Gasteiger partial charge in [-0.05, 0) is 64.2 Å². The van der Waals surface area contributed by atoms with Gasteiger partial charge in [-0.2, -0.15) is 0 Å². The molecule has 1 aliphatic carbocycles. The second kappa shape index (κ2) is 6.23. The molecule has 0 radical (unpaired) electrons. The standard InChI is InChI=1S/C21H14Br2O/c1-24-21-5-3-2-4-13(21)10-18-19-11-14(22)6-8-16(19)17-9-7-15(23)12-20(17)18/h2-12H,1H3. The maximum absolute atomic E-state index is 5.52. The van der Waals surface area contributed by atoms with Crippen molar-refractivity contribution < 1.29 is 4.74 Å². The highest BCUT2D eigenvalue weighted by Gasteiger charge is 2.24. The fourth-order valence-corrected chi connectivity index (χ4v) is 3.91. The minimum absolute atomic E-state index is 0.880. The summed E-state index contributed by atoms with van der Waals surface area (Å²) in [6, 6.07) is 21.0. The van der Waals surface area contributed by atoms with Crippen molar-refractivity contribution in [2.24, 2.45) is 0 Å². The van der Waals surface area contributed by atoms with Gasteiger partial charge in [-0.3, -0.25) is 0 Å². The molecule has 0 heterocycles. The average molecular weight is 442 g/mol. The molecule has 24 heavy (non-hydrogen) atoms. The van der Waals surface area contributed by atoms with Gasteiger partial charge >= 0.3 is 0 Å². The lowest BCUT2D eigenvalue weighted by Crippen LogP contribution is -1.88. The highest BCUT2D eigenvalue weighted by atomic mass is 79.9. The van der Waals surface area contributed by atoms with Crippen LogP contribution in [0.2, 0.25) is 0 Å². The third-order valence-corrected chi connectivity index (χ3v) is 5.26. The van der Waals surface area contributed by atoms with Gasteiger partial charge in [0, 0.05) is 14.5 Å². The predicted octanol–water partition coefficient (Wildman–Crippen LogP) is 6.79. The number of hydrogen-bond donors (Lipinski definition) is 0. The summed E-state index contributed by atoms with van der Waals surface area (Å²) in [6.45, 7) is 0. The number of fused-ring (bicyclic) bond motifs is 3. The third kappa shape index (κ3) is 2.62. The van der Waals surface area contributed by atoms with Crippen LogP contribution in [0.15, 0.2) is 69.6 Å². The summed E-state index contributed by atoms with van der Waals surface area (Å²) in [5.41, 5.74) is 7.30. The Balaban J connectivity index is 2.00. The Hall–Kier alpha value is -1.84. The van der Waals surface area contributed by atoms with Crippen LogP contribution in [0, 0.1) is 0 Å². The average Bonchev–Trinajstić information content (AvgIpc) is 2.88. The minimum atomic E-state index is 0.880. The summed E-state index contributed by atoms with van der Waals surface area (Å²) >= 11 is 7.21. The van der Waals surface area contributed by atoms with E-state index in [0.29, 0.717) is 0 Å². The van der Waals surface area contributed by atoms with E-state index in [2.05, 4.69) is 80.4 Å². The van der Waals surface area contributed by atoms with Crippen LogP contribution >= 0.6 is 31.9 Å². The Labute approximate surface area is 158 Å². The number of ether oxygens (including phenoxy) is 1. The monoisotopic (exact) mass is 440 g/mol. The van der Waals surface area contributed by atoms with Gasteiger partial charge < -0.3 is 4.74 Å². The highest BCUT2D eigenvalue weighted by Crippen LogP contribution is 2.47. The van der Waals surface area contributed by atoms with Gasteiger partial charge in [-0.1, -0.05) is 62.2 Å². The van der Waals surface area contributed by atoms with E-state index < -0.39 is 0 Å². The number of para-hydroxylation sites is 1. The van der Waals surface area contributed by atoms with Crippen molar-refractivity contribution in [3.8, 4) is 16.9 Å². The Morgan fingerprint density at radius 2 is 1.33 bits per heavy atom. The lowest BCUT2D eigenvalue weighted by molar-refractivity contribution is 0.414. The first kappa shape index (κ1) is 15.7. The van der Waals surface area contributed by atoms with Crippen LogP contribution in [0.5, 0.6) is 5.75 Å². The van der Waals surface area contributed by atoms with E-state index in [1.165, 1.54) is 27.8 Å². The molecule has 1 nitrogen and oxygen atoms in total. The molecule has 1 aliphatic rings. The van der Waals surface area contributed by atoms with E-state index in [1.54, 1.807) is 7.11 Å². The minimum Gasteiger partial charge on any atom is -0.496 e. The van der Waals surface area contributed by atoms with Gasteiger partial charge in [-0.25, -0.2) is 0 Å². The number of methoxy groups -OCH3 is 1. The van der Waals surface area contributed by atoms with E-state index in [-0.39, 0.29) is 0 Å². The van der Waals surface area contributed by atoms with Crippen LogP contribution < -0.4 is 4.74 Å². The van der Waals surface area contributed by atoms with Crippen molar-refractivity contribution in [3.63, 3.8) is 0 Å². The SMILES string of the molecule is COc1ccccc1C=C1c2cc(Br)ccc2-c2ccc(Br)cc21. The first-order chi connectivity index (χ1) is 11.7. The van der Waals surface area contributed by atoms with Crippen LogP contribution in [0.25, 0.3) is 22.8 Å². The van der Waals surface area contributed by atoms with Crippen LogP contribution in [0.3, 0.4) is 0 Å². The quantitative estimate of drug-likeness (QED) is 0.332. The highest BCUT2D eigenvalue weighted by molar-refractivity contribution is 9.10. The molecule has 0 saturated heterocycles. The zero-order valence-electron chi connectivity index (χ0n) is 13.0. The van der Waals surface area contributed by atoms with Gasteiger partial charge in [0.05, 0.1) is 7.11 Å². The molecule has 3 heteroatoms. The van der Waals surface area contributed by atoms with E-state index in [1.807, 2.05) is 18.2 Å². The largest absolute Gasteiger partial charge is 0.496 e. The van der Waals surface area contributed by atoms with Gasteiger partial charge in [-0.15, -0.1) is 0 Å². The molecule has 0 atom stereocenters. The van der Waals surface area contributed by atoms with Crippen molar-refractivity contribution in [2.45, 2.75) is 0 Å². The van der Waals surface area contributed by atoms with E-state index >= 15 is 0 Å². The summed E-state index contributed by atoms with van der Waals surface area (Å²) in [5.74, 6) is 0.880. The molecule has 0 unspecified atom stereocenters. The van der Waals surface area contributed by atoms with Crippen molar-refractivity contribution in [2.75, 3.05) is 7.11 Å². The van der Waals surface area contributed by atoms with Gasteiger partial charge in [0.1, 0.15) is 5.75 Å². The topological polar surface area (TPSA) is 9.23 Å². The molecule has 3 aromatic rings. The maximum Gasteiger partial charge on any atom is 0.126 e. The van der Waals surface area contributed by atoms with Gasteiger partial charge in [0.15, 0.2) is 0 Å². The maximum atomic E-state index is 5.52. The molecule has 3 aromatic carbocycles. The molecule has 0 aliphatic heterocycles. The first-order valence-electron chi connectivity index (χ1n) is 7.62. The zero-order valence-corrected chi connectivity index (χ0v) is 16.2. The molecular weight excluding hydrogens is 428 g/mol. The third-order valence-electron chi connectivity index (χ3n) is 4.27. The molecule has 0 spiro atoms. The Bertz CT molecular complexity index is 920. The van der Waals surface area contributed by atoms with Crippen molar-refractivity contribution in [1.82, 2.24) is 0 Å². The fraction of sp³-hybridized carbons (Fsp3) is 0.0476. The second-order valence-electron chi connectivity index (χ2n) is 5.68. The smallest absolute Gasteiger partial charge is 0.126 e. The summed E-state index contributed by atoms with van der Waals surface area (Å²) < 4.78 is 7.68. The van der Waals surface area contributed by atoms with Gasteiger partial charge in [0.2, 0.25) is 0 Å². The molecule has 0 N–H and O–H groups in total. The van der Waals surface area contributed by atoms with Gasteiger partial charge in [0.25, 0.3) is 0 Å². The molecule has 4 rings (SSSR count).